The van der Waals surface area contributed by atoms with Crippen molar-refractivity contribution in [2.75, 3.05) is 26.7 Å². The second-order valence-electron chi connectivity index (χ2n) is 4.03. The first-order valence-electron chi connectivity index (χ1n) is 4.97. The maximum absolute atomic E-state index is 5.01. The highest BCUT2D eigenvalue weighted by Crippen LogP contribution is 2.40. The summed E-state index contributed by atoms with van der Waals surface area (Å²) >= 11 is 1.50. The zero-order chi connectivity index (χ0) is 9.54. The summed E-state index contributed by atoms with van der Waals surface area (Å²) in [6, 6.07) is 0.530. The van der Waals surface area contributed by atoms with Gasteiger partial charge >= 0.3 is 6.01 Å². The largest absolute Gasteiger partial charge is 0.466 e. The Morgan fingerprint density at radius 2 is 2.43 bits per heavy atom. The van der Waals surface area contributed by atoms with Crippen LogP contribution in [-0.4, -0.2) is 41.0 Å². The van der Waals surface area contributed by atoms with Crippen molar-refractivity contribution in [3.63, 3.8) is 0 Å². The fraction of sp³-hybridized carbons (Fsp3) is 0.778. The van der Waals surface area contributed by atoms with Crippen molar-refractivity contribution in [2.24, 2.45) is 5.92 Å². The lowest BCUT2D eigenvalue weighted by Crippen LogP contribution is -2.21. The van der Waals surface area contributed by atoms with E-state index in [0.29, 0.717) is 11.9 Å². The number of hydrogen-bond acceptors (Lipinski definition) is 5. The van der Waals surface area contributed by atoms with Gasteiger partial charge in [0, 0.05) is 19.0 Å². The van der Waals surface area contributed by atoms with E-state index < -0.39 is 0 Å². The van der Waals surface area contributed by atoms with Crippen molar-refractivity contribution in [3.05, 3.63) is 5.01 Å². The predicted molar refractivity (Wildman–Crippen MR) is 53.7 cm³/mol. The van der Waals surface area contributed by atoms with Gasteiger partial charge in [0.15, 0.2) is 0 Å². The molecule has 14 heavy (non-hydrogen) atoms. The summed E-state index contributed by atoms with van der Waals surface area (Å²) in [4.78, 5) is 6.91. The molecule has 0 aliphatic carbocycles. The number of ether oxygens (including phenoxy) is 1. The van der Waals surface area contributed by atoms with Crippen LogP contribution in [0.15, 0.2) is 0 Å². The highest BCUT2D eigenvalue weighted by Gasteiger charge is 2.40. The Kier molecular flexibility index (Phi) is 1.95. The molecular formula is C9H13N3OS. The molecule has 5 heteroatoms. The molecule has 2 unspecified atom stereocenters. The molecular weight excluding hydrogens is 198 g/mol. The minimum Gasteiger partial charge on any atom is -0.466 e. The molecule has 1 aromatic heterocycles. The summed E-state index contributed by atoms with van der Waals surface area (Å²) in [6.07, 6.45) is 1.33. The summed E-state index contributed by atoms with van der Waals surface area (Å²) in [7, 11) is 1.62. The summed E-state index contributed by atoms with van der Waals surface area (Å²) in [5, 5.41) is 1.16. The molecule has 4 nitrogen and oxygen atoms in total. The van der Waals surface area contributed by atoms with Crippen molar-refractivity contribution < 1.29 is 4.74 Å². The first kappa shape index (κ1) is 8.61. The van der Waals surface area contributed by atoms with Crippen LogP contribution >= 0.6 is 11.5 Å². The van der Waals surface area contributed by atoms with Gasteiger partial charge in [0.1, 0.15) is 5.01 Å². The van der Waals surface area contributed by atoms with E-state index in [1.807, 2.05) is 0 Å². The Labute approximate surface area is 87.1 Å². The highest BCUT2D eigenvalue weighted by atomic mass is 32.1. The second kappa shape index (κ2) is 3.17. The van der Waals surface area contributed by atoms with Gasteiger partial charge in [-0.1, -0.05) is 0 Å². The van der Waals surface area contributed by atoms with Crippen LogP contribution < -0.4 is 4.74 Å². The molecule has 0 N–H and O–H groups in total. The van der Waals surface area contributed by atoms with Crippen LogP contribution in [0.1, 0.15) is 17.3 Å². The molecule has 0 amide bonds. The number of fused-ring (bicyclic) bond motifs is 2. The minimum atomic E-state index is 0.530. The van der Waals surface area contributed by atoms with Crippen molar-refractivity contribution in [2.45, 2.75) is 12.3 Å². The third-order valence-electron chi connectivity index (χ3n) is 3.26. The molecule has 2 saturated heterocycles. The van der Waals surface area contributed by atoms with Crippen LogP contribution in [0, 0.1) is 5.92 Å². The zero-order valence-electron chi connectivity index (χ0n) is 8.14. The second-order valence-corrected chi connectivity index (χ2v) is 4.82. The van der Waals surface area contributed by atoms with Gasteiger partial charge in [-0.3, -0.25) is 0 Å². The molecule has 3 heterocycles. The lowest BCUT2D eigenvalue weighted by atomic mass is 9.93. The minimum absolute atomic E-state index is 0.530. The SMILES string of the molecule is COc1nsc([C@@H]2CN3CCC2C3)n1. The van der Waals surface area contributed by atoms with Gasteiger partial charge in [-0.05, 0) is 30.4 Å². The van der Waals surface area contributed by atoms with E-state index >= 15 is 0 Å². The molecule has 2 aliphatic heterocycles. The molecule has 2 fully saturated rings. The summed E-state index contributed by atoms with van der Waals surface area (Å²) in [6.45, 7) is 3.70. The standard InChI is InChI=1S/C9H13N3OS/c1-13-9-10-8(14-11-9)7-5-12-3-2-6(7)4-12/h6-7H,2-5H2,1H3/t6?,7-/m1/s1. The van der Waals surface area contributed by atoms with Gasteiger partial charge in [-0.2, -0.15) is 4.98 Å². The first-order valence-corrected chi connectivity index (χ1v) is 5.74. The Hall–Kier alpha value is -0.680. The van der Waals surface area contributed by atoms with Gasteiger partial charge < -0.3 is 9.64 Å². The Morgan fingerprint density at radius 3 is 3.00 bits per heavy atom. The molecule has 3 rings (SSSR count). The lowest BCUT2D eigenvalue weighted by Gasteiger charge is -2.18. The predicted octanol–water partition coefficient (Wildman–Crippen LogP) is 0.966. The molecule has 0 radical (unpaired) electrons. The van der Waals surface area contributed by atoms with Gasteiger partial charge in [-0.15, -0.1) is 4.37 Å². The van der Waals surface area contributed by atoms with Crippen LogP contribution in [0.4, 0.5) is 0 Å². The van der Waals surface area contributed by atoms with Crippen LogP contribution in [0.5, 0.6) is 6.01 Å². The highest BCUT2D eigenvalue weighted by molar-refractivity contribution is 7.05. The maximum Gasteiger partial charge on any atom is 0.328 e. The fourth-order valence-corrected chi connectivity index (χ4v) is 3.33. The van der Waals surface area contributed by atoms with Gasteiger partial charge in [0.25, 0.3) is 0 Å². The normalized spacial score (nSPS) is 35.1. The third kappa shape index (κ3) is 1.23. The topological polar surface area (TPSA) is 38.2 Å². The Balaban J connectivity index is 1.82. The Morgan fingerprint density at radius 1 is 1.50 bits per heavy atom. The van der Waals surface area contributed by atoms with E-state index in [0.717, 1.165) is 10.9 Å². The average Bonchev–Trinajstić information content (AvgIpc) is 2.93. The molecule has 0 aromatic carbocycles. The molecule has 3 atom stereocenters. The summed E-state index contributed by atoms with van der Waals surface area (Å²) in [5.74, 6) is 1.43. The fourth-order valence-electron chi connectivity index (χ4n) is 2.52. The van der Waals surface area contributed by atoms with E-state index in [4.69, 9.17) is 4.74 Å². The Bertz CT molecular complexity index is 341. The molecule has 0 saturated carbocycles. The number of rotatable bonds is 2. The van der Waals surface area contributed by atoms with Gasteiger partial charge in [0.2, 0.25) is 0 Å². The van der Waals surface area contributed by atoms with Crippen LogP contribution in [0.3, 0.4) is 0 Å². The monoisotopic (exact) mass is 211 g/mol. The summed E-state index contributed by atoms with van der Waals surface area (Å²) in [5.41, 5.74) is 0. The van der Waals surface area contributed by atoms with E-state index in [9.17, 15) is 0 Å². The third-order valence-corrected chi connectivity index (χ3v) is 4.08. The molecule has 2 aliphatic rings. The molecule has 1 aromatic rings. The molecule has 0 spiro atoms. The first-order chi connectivity index (χ1) is 6.86. The molecule has 76 valence electrons. The maximum atomic E-state index is 5.01. The lowest BCUT2D eigenvalue weighted by molar-refractivity contribution is 0.343. The van der Waals surface area contributed by atoms with Crippen LogP contribution in [0.2, 0.25) is 0 Å². The van der Waals surface area contributed by atoms with E-state index in [1.54, 1.807) is 7.11 Å². The number of aromatic nitrogens is 2. The molecule has 2 bridgehead atoms. The summed E-state index contributed by atoms with van der Waals surface area (Å²) < 4.78 is 9.16. The number of piperidine rings is 1. The van der Waals surface area contributed by atoms with E-state index in [1.165, 1.54) is 37.6 Å². The van der Waals surface area contributed by atoms with E-state index in [2.05, 4.69) is 14.3 Å². The quantitative estimate of drug-likeness (QED) is 0.730. The number of hydrogen-bond donors (Lipinski definition) is 0. The van der Waals surface area contributed by atoms with Crippen molar-refractivity contribution in [3.8, 4) is 6.01 Å². The number of nitrogens with zero attached hydrogens (tertiary/aromatic N) is 3. The van der Waals surface area contributed by atoms with Crippen molar-refractivity contribution in [1.29, 1.82) is 0 Å². The number of methoxy groups -OCH3 is 1. The zero-order valence-corrected chi connectivity index (χ0v) is 8.96. The smallest absolute Gasteiger partial charge is 0.328 e. The van der Waals surface area contributed by atoms with Crippen molar-refractivity contribution >= 4 is 11.5 Å². The average molecular weight is 211 g/mol. The van der Waals surface area contributed by atoms with Gasteiger partial charge in [-0.25, -0.2) is 0 Å². The van der Waals surface area contributed by atoms with Crippen LogP contribution in [0.25, 0.3) is 0 Å². The van der Waals surface area contributed by atoms with Crippen LogP contribution in [-0.2, 0) is 0 Å². The van der Waals surface area contributed by atoms with Gasteiger partial charge in [0.05, 0.1) is 7.11 Å². The van der Waals surface area contributed by atoms with Crippen molar-refractivity contribution in [1.82, 2.24) is 14.3 Å². The van der Waals surface area contributed by atoms with E-state index in [-0.39, 0.29) is 0 Å².